The van der Waals surface area contributed by atoms with Gasteiger partial charge in [0.25, 0.3) is 0 Å². The monoisotopic (exact) mass is 309 g/mol. The summed E-state index contributed by atoms with van der Waals surface area (Å²) in [6.07, 6.45) is 8.31. The smallest absolute Gasteiger partial charge is 0.0797 e. The Morgan fingerprint density at radius 3 is 2.62 bits per heavy atom. The van der Waals surface area contributed by atoms with E-state index in [1.54, 1.807) is 0 Å². The lowest BCUT2D eigenvalue weighted by atomic mass is 9.81. The minimum atomic E-state index is 0.329. The summed E-state index contributed by atoms with van der Waals surface area (Å²) < 4.78 is 6.25. The summed E-state index contributed by atoms with van der Waals surface area (Å²) in [5, 5.41) is 6.08. The zero-order chi connectivity index (χ0) is 15.1. The molecule has 1 aromatic rings. The maximum Gasteiger partial charge on any atom is 0.0797 e. The Kier molecular flexibility index (Phi) is 7.21. The normalized spacial score (nSPS) is 19.6. The third-order valence-electron chi connectivity index (χ3n) is 4.53. The van der Waals surface area contributed by atoms with Gasteiger partial charge in [0.1, 0.15) is 0 Å². The molecule has 120 valence electrons. The first-order valence-corrected chi connectivity index (χ1v) is 9.54. The molecule has 0 aromatic carbocycles. The number of hydrogen-bond donors (Lipinski definition) is 1. The standard InChI is InChI=1S/C18H31NOS/c1-4-11-19-17(16-12-14(3)21-13-16)18(20-5-2)15-9-7-6-8-10-15/h12-13,15,17-19H,4-11H2,1-3H3. The predicted octanol–water partition coefficient (Wildman–Crippen LogP) is 5.08. The van der Waals surface area contributed by atoms with Gasteiger partial charge in [0.05, 0.1) is 12.1 Å². The Hall–Kier alpha value is -0.380. The van der Waals surface area contributed by atoms with E-state index >= 15 is 0 Å². The van der Waals surface area contributed by atoms with Crippen molar-refractivity contribution in [1.29, 1.82) is 0 Å². The van der Waals surface area contributed by atoms with Gasteiger partial charge in [0.15, 0.2) is 0 Å². The number of thiophene rings is 1. The molecule has 2 unspecified atom stereocenters. The molecule has 0 aliphatic heterocycles. The first-order valence-electron chi connectivity index (χ1n) is 8.66. The molecule has 2 nitrogen and oxygen atoms in total. The van der Waals surface area contributed by atoms with Gasteiger partial charge in [-0.05, 0) is 62.6 Å². The lowest BCUT2D eigenvalue weighted by Crippen LogP contribution is -2.40. The summed E-state index contributed by atoms with van der Waals surface area (Å²) >= 11 is 1.85. The van der Waals surface area contributed by atoms with Crippen LogP contribution in [0.5, 0.6) is 0 Å². The number of nitrogens with one attached hydrogen (secondary N) is 1. The van der Waals surface area contributed by atoms with E-state index in [9.17, 15) is 0 Å². The van der Waals surface area contributed by atoms with Crippen LogP contribution in [0.2, 0.25) is 0 Å². The second kappa shape index (κ2) is 8.92. The van der Waals surface area contributed by atoms with Crippen molar-refractivity contribution in [3.05, 3.63) is 21.9 Å². The summed E-state index contributed by atoms with van der Waals surface area (Å²) in [6, 6.07) is 2.70. The van der Waals surface area contributed by atoms with E-state index in [1.165, 1.54) is 49.0 Å². The Morgan fingerprint density at radius 1 is 1.29 bits per heavy atom. The fourth-order valence-electron chi connectivity index (χ4n) is 3.51. The van der Waals surface area contributed by atoms with Crippen LogP contribution in [0.15, 0.2) is 11.4 Å². The van der Waals surface area contributed by atoms with Crippen molar-refractivity contribution in [2.45, 2.75) is 71.4 Å². The molecule has 3 heteroatoms. The molecule has 0 spiro atoms. The molecule has 0 amide bonds. The SMILES string of the molecule is CCCNC(c1csc(C)c1)C(OCC)C1CCCCC1. The van der Waals surface area contributed by atoms with Crippen LogP contribution in [0.4, 0.5) is 0 Å². The molecule has 1 saturated carbocycles. The Bertz CT molecular complexity index is 398. The third-order valence-corrected chi connectivity index (χ3v) is 5.41. The second-order valence-corrected chi connectivity index (χ2v) is 7.36. The first-order chi connectivity index (χ1) is 10.3. The predicted molar refractivity (Wildman–Crippen MR) is 92.1 cm³/mol. The number of ether oxygens (including phenoxy) is 1. The van der Waals surface area contributed by atoms with Crippen molar-refractivity contribution in [3.8, 4) is 0 Å². The van der Waals surface area contributed by atoms with Gasteiger partial charge in [-0.15, -0.1) is 11.3 Å². The summed E-state index contributed by atoms with van der Waals surface area (Å²) in [4.78, 5) is 1.40. The summed E-state index contributed by atoms with van der Waals surface area (Å²) in [5.74, 6) is 0.716. The minimum Gasteiger partial charge on any atom is -0.376 e. The van der Waals surface area contributed by atoms with Gasteiger partial charge < -0.3 is 10.1 Å². The zero-order valence-electron chi connectivity index (χ0n) is 13.9. The molecule has 1 aliphatic carbocycles. The lowest BCUT2D eigenvalue weighted by molar-refractivity contribution is -0.0182. The third kappa shape index (κ3) is 4.80. The second-order valence-electron chi connectivity index (χ2n) is 6.24. The maximum absolute atomic E-state index is 6.25. The van der Waals surface area contributed by atoms with Gasteiger partial charge in [-0.25, -0.2) is 0 Å². The summed E-state index contributed by atoms with van der Waals surface area (Å²) in [7, 11) is 0. The minimum absolute atomic E-state index is 0.329. The van der Waals surface area contributed by atoms with Crippen LogP contribution in [0.25, 0.3) is 0 Å². The van der Waals surface area contributed by atoms with Crippen molar-refractivity contribution in [2.24, 2.45) is 5.92 Å². The van der Waals surface area contributed by atoms with Crippen LogP contribution in [0, 0.1) is 12.8 Å². The van der Waals surface area contributed by atoms with E-state index in [0.717, 1.165) is 13.2 Å². The van der Waals surface area contributed by atoms with E-state index in [-0.39, 0.29) is 0 Å². The van der Waals surface area contributed by atoms with Gasteiger partial charge >= 0.3 is 0 Å². The average molecular weight is 310 g/mol. The number of hydrogen-bond acceptors (Lipinski definition) is 3. The highest BCUT2D eigenvalue weighted by Crippen LogP contribution is 2.35. The lowest BCUT2D eigenvalue weighted by Gasteiger charge is -2.36. The van der Waals surface area contributed by atoms with E-state index in [1.807, 2.05) is 11.3 Å². The van der Waals surface area contributed by atoms with Crippen LogP contribution in [0.1, 0.15) is 68.9 Å². The van der Waals surface area contributed by atoms with Gasteiger partial charge in [-0.1, -0.05) is 26.2 Å². The molecular weight excluding hydrogens is 278 g/mol. The fourth-order valence-corrected chi connectivity index (χ4v) is 4.25. The molecule has 1 fully saturated rings. The highest BCUT2D eigenvalue weighted by molar-refractivity contribution is 7.10. The van der Waals surface area contributed by atoms with Crippen LogP contribution >= 0.6 is 11.3 Å². The summed E-state index contributed by atoms with van der Waals surface area (Å²) in [6.45, 7) is 8.44. The molecule has 1 aliphatic rings. The molecule has 0 radical (unpaired) electrons. The van der Waals surface area contributed by atoms with Crippen LogP contribution in [-0.2, 0) is 4.74 Å². The molecule has 0 saturated heterocycles. The van der Waals surface area contributed by atoms with E-state index < -0.39 is 0 Å². The van der Waals surface area contributed by atoms with Gasteiger partial charge in [-0.3, -0.25) is 0 Å². The molecule has 1 heterocycles. The molecule has 0 bridgehead atoms. The zero-order valence-corrected chi connectivity index (χ0v) is 14.7. The van der Waals surface area contributed by atoms with Crippen LogP contribution < -0.4 is 5.32 Å². The van der Waals surface area contributed by atoms with E-state index in [0.29, 0.717) is 18.1 Å². The highest BCUT2D eigenvalue weighted by atomic mass is 32.1. The van der Waals surface area contributed by atoms with Crippen LogP contribution in [0.3, 0.4) is 0 Å². The van der Waals surface area contributed by atoms with Crippen molar-refractivity contribution in [2.75, 3.05) is 13.2 Å². The molecule has 1 aromatic heterocycles. The topological polar surface area (TPSA) is 21.3 Å². The molecule has 1 N–H and O–H groups in total. The number of rotatable bonds is 8. The van der Waals surface area contributed by atoms with E-state index in [4.69, 9.17) is 4.74 Å². The molecule has 2 rings (SSSR count). The van der Waals surface area contributed by atoms with Crippen molar-refractivity contribution >= 4 is 11.3 Å². The van der Waals surface area contributed by atoms with Crippen LogP contribution in [-0.4, -0.2) is 19.3 Å². The number of aryl methyl sites for hydroxylation is 1. The van der Waals surface area contributed by atoms with Gasteiger partial charge in [0.2, 0.25) is 0 Å². The van der Waals surface area contributed by atoms with Gasteiger partial charge in [-0.2, -0.15) is 0 Å². The Morgan fingerprint density at radius 2 is 2.05 bits per heavy atom. The van der Waals surface area contributed by atoms with Crippen molar-refractivity contribution in [1.82, 2.24) is 5.32 Å². The average Bonchev–Trinajstić information content (AvgIpc) is 2.94. The molecular formula is C18H31NOS. The fraction of sp³-hybridized carbons (Fsp3) is 0.778. The van der Waals surface area contributed by atoms with Gasteiger partial charge in [0, 0.05) is 11.5 Å². The molecule has 21 heavy (non-hydrogen) atoms. The van der Waals surface area contributed by atoms with Crippen molar-refractivity contribution in [3.63, 3.8) is 0 Å². The van der Waals surface area contributed by atoms with Crippen molar-refractivity contribution < 1.29 is 4.74 Å². The first kappa shape index (κ1) is 17.0. The maximum atomic E-state index is 6.25. The Balaban J connectivity index is 2.16. The summed E-state index contributed by atoms with van der Waals surface area (Å²) in [5.41, 5.74) is 1.43. The highest BCUT2D eigenvalue weighted by Gasteiger charge is 2.32. The van der Waals surface area contributed by atoms with E-state index in [2.05, 4.69) is 37.5 Å². The Labute approximate surface area is 134 Å². The largest absolute Gasteiger partial charge is 0.376 e. The quantitative estimate of drug-likeness (QED) is 0.723. The molecule has 2 atom stereocenters.